The lowest BCUT2D eigenvalue weighted by molar-refractivity contribution is 0.513. The van der Waals surface area contributed by atoms with Crippen LogP contribution in [0.4, 0.5) is 0 Å². The standard InChI is InChI=1S/C8H12N2/c1-3-7-8(9-5-1)4-2-6-10-7/h3,6,8-9H,1-2,4-5H2. The summed E-state index contributed by atoms with van der Waals surface area (Å²) >= 11 is 0. The van der Waals surface area contributed by atoms with E-state index < -0.39 is 0 Å². The molecule has 2 heteroatoms. The molecule has 0 aliphatic carbocycles. The van der Waals surface area contributed by atoms with E-state index in [1.807, 2.05) is 6.21 Å². The van der Waals surface area contributed by atoms with Crippen LogP contribution < -0.4 is 5.32 Å². The minimum atomic E-state index is 0.568. The zero-order chi connectivity index (χ0) is 6.81. The van der Waals surface area contributed by atoms with Gasteiger partial charge in [0.15, 0.2) is 0 Å². The van der Waals surface area contributed by atoms with Crippen LogP contribution in [-0.4, -0.2) is 18.8 Å². The van der Waals surface area contributed by atoms with Crippen molar-refractivity contribution in [3.05, 3.63) is 11.8 Å². The van der Waals surface area contributed by atoms with Gasteiger partial charge in [-0.15, -0.1) is 0 Å². The van der Waals surface area contributed by atoms with Crippen molar-refractivity contribution in [2.45, 2.75) is 25.3 Å². The molecule has 2 aliphatic rings. The van der Waals surface area contributed by atoms with Crippen LogP contribution >= 0.6 is 0 Å². The fourth-order valence-electron chi connectivity index (χ4n) is 1.53. The van der Waals surface area contributed by atoms with Gasteiger partial charge in [0.05, 0.1) is 5.70 Å². The van der Waals surface area contributed by atoms with E-state index in [9.17, 15) is 0 Å². The predicted octanol–water partition coefficient (Wildman–Crippen LogP) is 1.10. The number of rotatable bonds is 0. The average Bonchev–Trinajstić information content (AvgIpc) is 2.05. The van der Waals surface area contributed by atoms with Crippen LogP contribution in [0.2, 0.25) is 0 Å². The van der Waals surface area contributed by atoms with Crippen molar-refractivity contribution in [3.8, 4) is 0 Å². The lowest BCUT2D eigenvalue weighted by atomic mass is 10.0. The molecule has 0 saturated heterocycles. The Hall–Kier alpha value is -0.630. The highest BCUT2D eigenvalue weighted by Gasteiger charge is 2.17. The van der Waals surface area contributed by atoms with E-state index in [0.29, 0.717) is 6.04 Å². The Balaban J connectivity index is 2.21. The summed E-state index contributed by atoms with van der Waals surface area (Å²) in [5.74, 6) is 0. The van der Waals surface area contributed by atoms with E-state index in [1.165, 1.54) is 12.1 Å². The molecule has 2 heterocycles. The second kappa shape index (κ2) is 2.54. The smallest absolute Gasteiger partial charge is 0.0530 e. The third kappa shape index (κ3) is 0.991. The fourth-order valence-corrected chi connectivity index (χ4v) is 1.53. The average molecular weight is 136 g/mol. The van der Waals surface area contributed by atoms with Gasteiger partial charge in [-0.05, 0) is 25.8 Å². The molecule has 0 amide bonds. The summed E-state index contributed by atoms with van der Waals surface area (Å²) in [6.07, 6.45) is 7.78. The molecule has 2 rings (SSSR count). The maximum absolute atomic E-state index is 4.33. The lowest BCUT2D eigenvalue weighted by Crippen LogP contribution is -2.35. The largest absolute Gasteiger partial charge is 0.308 e. The van der Waals surface area contributed by atoms with Gasteiger partial charge < -0.3 is 5.32 Å². The van der Waals surface area contributed by atoms with Gasteiger partial charge in [0, 0.05) is 12.3 Å². The van der Waals surface area contributed by atoms with Gasteiger partial charge in [-0.3, -0.25) is 4.99 Å². The van der Waals surface area contributed by atoms with Gasteiger partial charge in [0.1, 0.15) is 0 Å². The third-order valence-corrected chi connectivity index (χ3v) is 2.07. The van der Waals surface area contributed by atoms with Crippen molar-refractivity contribution in [2.24, 2.45) is 4.99 Å². The zero-order valence-electron chi connectivity index (χ0n) is 6.01. The van der Waals surface area contributed by atoms with Crippen molar-refractivity contribution in [1.82, 2.24) is 5.32 Å². The molecule has 1 unspecified atom stereocenters. The van der Waals surface area contributed by atoms with Crippen molar-refractivity contribution in [2.75, 3.05) is 6.54 Å². The Labute approximate surface area is 61.0 Å². The van der Waals surface area contributed by atoms with Crippen LogP contribution in [0.15, 0.2) is 16.8 Å². The molecule has 0 radical (unpaired) electrons. The van der Waals surface area contributed by atoms with E-state index in [4.69, 9.17) is 0 Å². The molecule has 0 bridgehead atoms. The van der Waals surface area contributed by atoms with E-state index in [2.05, 4.69) is 16.4 Å². The Kier molecular flexibility index (Phi) is 1.55. The first-order chi connectivity index (χ1) is 4.97. The summed E-state index contributed by atoms with van der Waals surface area (Å²) < 4.78 is 0. The number of nitrogens with one attached hydrogen (secondary N) is 1. The Morgan fingerprint density at radius 3 is 3.40 bits per heavy atom. The van der Waals surface area contributed by atoms with Gasteiger partial charge in [-0.25, -0.2) is 0 Å². The molecule has 2 aliphatic heterocycles. The molecule has 2 nitrogen and oxygen atoms in total. The third-order valence-electron chi connectivity index (χ3n) is 2.07. The van der Waals surface area contributed by atoms with Crippen molar-refractivity contribution >= 4 is 6.21 Å². The highest BCUT2D eigenvalue weighted by Crippen LogP contribution is 2.17. The minimum absolute atomic E-state index is 0.568. The Bertz CT molecular complexity index is 182. The quantitative estimate of drug-likeness (QED) is 0.529. The number of fused-ring (bicyclic) bond motifs is 1. The van der Waals surface area contributed by atoms with E-state index in [1.54, 1.807) is 0 Å². The first-order valence-corrected chi connectivity index (χ1v) is 3.93. The molecule has 0 aromatic rings. The molecule has 0 spiro atoms. The van der Waals surface area contributed by atoms with Gasteiger partial charge in [0.2, 0.25) is 0 Å². The maximum atomic E-state index is 4.33. The second-order valence-corrected chi connectivity index (χ2v) is 2.81. The lowest BCUT2D eigenvalue weighted by Gasteiger charge is -2.24. The second-order valence-electron chi connectivity index (χ2n) is 2.81. The van der Waals surface area contributed by atoms with E-state index >= 15 is 0 Å². The van der Waals surface area contributed by atoms with Gasteiger partial charge >= 0.3 is 0 Å². The van der Waals surface area contributed by atoms with Crippen LogP contribution in [0, 0.1) is 0 Å². The first-order valence-electron chi connectivity index (χ1n) is 3.93. The van der Waals surface area contributed by atoms with Gasteiger partial charge in [-0.1, -0.05) is 6.08 Å². The van der Waals surface area contributed by atoms with E-state index in [-0.39, 0.29) is 0 Å². The van der Waals surface area contributed by atoms with Crippen molar-refractivity contribution in [3.63, 3.8) is 0 Å². The van der Waals surface area contributed by atoms with Crippen LogP contribution in [-0.2, 0) is 0 Å². The molecule has 0 aromatic heterocycles. The summed E-state index contributed by atoms with van der Waals surface area (Å²) in [6, 6.07) is 0.568. The first kappa shape index (κ1) is 6.10. The van der Waals surface area contributed by atoms with Crippen LogP contribution in [0.5, 0.6) is 0 Å². The molecule has 10 heavy (non-hydrogen) atoms. The van der Waals surface area contributed by atoms with Crippen LogP contribution in [0.1, 0.15) is 19.3 Å². The molecular formula is C8H12N2. The van der Waals surface area contributed by atoms with Crippen molar-refractivity contribution < 1.29 is 0 Å². The van der Waals surface area contributed by atoms with Crippen LogP contribution in [0.3, 0.4) is 0 Å². The Morgan fingerprint density at radius 2 is 2.50 bits per heavy atom. The van der Waals surface area contributed by atoms with Gasteiger partial charge in [-0.2, -0.15) is 0 Å². The molecule has 0 aromatic carbocycles. The highest BCUT2D eigenvalue weighted by molar-refractivity contribution is 5.61. The number of hydrogen-bond acceptors (Lipinski definition) is 2. The van der Waals surface area contributed by atoms with E-state index in [0.717, 1.165) is 19.4 Å². The number of hydrogen-bond donors (Lipinski definition) is 1. The predicted molar refractivity (Wildman–Crippen MR) is 42.2 cm³/mol. The fraction of sp³-hybridized carbons (Fsp3) is 0.625. The summed E-state index contributed by atoms with van der Waals surface area (Å²) in [7, 11) is 0. The summed E-state index contributed by atoms with van der Waals surface area (Å²) in [5, 5.41) is 3.44. The summed E-state index contributed by atoms with van der Waals surface area (Å²) in [4.78, 5) is 4.33. The highest BCUT2D eigenvalue weighted by atomic mass is 15.0. The minimum Gasteiger partial charge on any atom is -0.308 e. The molecule has 0 saturated carbocycles. The molecule has 54 valence electrons. The normalized spacial score (nSPS) is 31.2. The molecule has 0 fully saturated rings. The maximum Gasteiger partial charge on any atom is 0.0530 e. The SMILES string of the molecule is C1=NC2=CCCNC2CC1. The Morgan fingerprint density at radius 1 is 1.50 bits per heavy atom. The topological polar surface area (TPSA) is 24.4 Å². The molecule has 1 N–H and O–H groups in total. The molecule has 1 atom stereocenters. The molecular weight excluding hydrogens is 124 g/mol. The monoisotopic (exact) mass is 136 g/mol. The van der Waals surface area contributed by atoms with Gasteiger partial charge in [0.25, 0.3) is 0 Å². The number of nitrogens with zero attached hydrogens (tertiary/aromatic N) is 1. The summed E-state index contributed by atoms with van der Waals surface area (Å²) in [6.45, 7) is 1.13. The summed E-state index contributed by atoms with van der Waals surface area (Å²) in [5.41, 5.74) is 1.26. The number of aliphatic imine (C=N–C) groups is 1. The zero-order valence-corrected chi connectivity index (χ0v) is 6.01. The van der Waals surface area contributed by atoms with Crippen molar-refractivity contribution in [1.29, 1.82) is 0 Å². The van der Waals surface area contributed by atoms with Crippen LogP contribution in [0.25, 0.3) is 0 Å².